The van der Waals surface area contributed by atoms with Crippen LogP contribution in [0.4, 0.5) is 0 Å². The molecular weight excluding hydrogens is 723 g/mol. The number of hydrogen-bond donors (Lipinski definition) is 5. The minimum atomic E-state index is -4.42. The van der Waals surface area contributed by atoms with Crippen LogP contribution in [0.25, 0.3) is 0 Å². The van der Waals surface area contributed by atoms with E-state index in [9.17, 15) is 24.5 Å². The Morgan fingerprint density at radius 3 is 1.62 bits per heavy atom. The Labute approximate surface area is 343 Å². The maximum absolute atomic E-state index is 12.8. The second-order valence-corrected chi connectivity index (χ2v) is 16.5. The van der Waals surface area contributed by atoms with Gasteiger partial charge in [-0.2, -0.15) is 0 Å². The molecule has 0 heterocycles. The van der Waals surface area contributed by atoms with Crippen LogP contribution < -0.4 is 11.1 Å². The average Bonchev–Trinajstić information content (AvgIpc) is 3.17. The van der Waals surface area contributed by atoms with Crippen molar-refractivity contribution in [3.63, 3.8) is 0 Å². The fourth-order valence-electron chi connectivity index (χ4n) is 6.18. The third-order valence-corrected chi connectivity index (χ3v) is 10.6. The predicted octanol–water partition coefficient (Wildman–Crippen LogP) is 11.6. The van der Waals surface area contributed by atoms with Crippen molar-refractivity contribution in [1.82, 2.24) is 5.32 Å². The first-order chi connectivity index (χ1) is 27.3. The molecule has 0 bridgehead atoms. The second-order valence-electron chi connectivity index (χ2n) is 15.1. The van der Waals surface area contributed by atoms with E-state index in [-0.39, 0.29) is 19.6 Å². The molecule has 0 aromatic rings. The van der Waals surface area contributed by atoms with E-state index in [1.165, 1.54) is 83.5 Å². The molecule has 4 unspecified atom stereocenters. The number of allylic oxidation sites excluding steroid dienone is 9. The van der Waals surface area contributed by atoms with Gasteiger partial charge in [-0.15, -0.1) is 0 Å². The van der Waals surface area contributed by atoms with Gasteiger partial charge in [-0.3, -0.25) is 13.8 Å². The number of aliphatic hydroxyl groups excluding tert-OH is 2. The molecule has 56 heavy (non-hydrogen) atoms. The zero-order valence-electron chi connectivity index (χ0n) is 35.7. The topological polar surface area (TPSA) is 151 Å². The van der Waals surface area contributed by atoms with Crippen molar-refractivity contribution in [3.8, 4) is 0 Å². The van der Waals surface area contributed by atoms with Gasteiger partial charge in [0.2, 0.25) is 5.91 Å². The first-order valence-corrected chi connectivity index (χ1v) is 24.0. The highest BCUT2D eigenvalue weighted by molar-refractivity contribution is 7.47. The fourth-order valence-corrected chi connectivity index (χ4v) is 6.94. The lowest BCUT2D eigenvalue weighted by Crippen LogP contribution is -2.46. The Bertz CT molecular complexity index is 1080. The van der Waals surface area contributed by atoms with Gasteiger partial charge in [0.15, 0.2) is 0 Å². The number of carbonyl (C=O) groups is 1. The molecule has 0 radical (unpaired) electrons. The van der Waals surface area contributed by atoms with Crippen molar-refractivity contribution in [1.29, 1.82) is 0 Å². The van der Waals surface area contributed by atoms with Crippen molar-refractivity contribution in [2.75, 3.05) is 19.8 Å². The van der Waals surface area contributed by atoms with Gasteiger partial charge in [0.05, 0.1) is 37.9 Å². The van der Waals surface area contributed by atoms with Gasteiger partial charge < -0.3 is 26.2 Å². The Morgan fingerprint density at radius 1 is 0.625 bits per heavy atom. The number of nitrogens with two attached hydrogens (primary N) is 1. The van der Waals surface area contributed by atoms with E-state index in [1.807, 2.05) is 6.08 Å². The van der Waals surface area contributed by atoms with Crippen LogP contribution in [0.1, 0.15) is 187 Å². The predicted molar refractivity (Wildman–Crippen MR) is 236 cm³/mol. The normalized spacial score (nSPS) is 15.2. The molecule has 0 rings (SSSR count). The van der Waals surface area contributed by atoms with E-state index in [2.05, 4.69) is 67.8 Å². The average molecular weight is 809 g/mol. The van der Waals surface area contributed by atoms with Gasteiger partial charge in [0.25, 0.3) is 0 Å². The Kier molecular flexibility index (Phi) is 40.0. The summed E-state index contributed by atoms with van der Waals surface area (Å²) in [5, 5.41) is 24.0. The van der Waals surface area contributed by atoms with Crippen LogP contribution in [0.3, 0.4) is 0 Å². The number of unbranched alkanes of at least 4 members (excludes halogenated alkanes) is 19. The summed E-state index contributed by atoms with van der Waals surface area (Å²) in [6.45, 7) is 3.89. The van der Waals surface area contributed by atoms with Gasteiger partial charge in [0.1, 0.15) is 0 Å². The van der Waals surface area contributed by atoms with Crippen molar-refractivity contribution in [2.45, 2.75) is 205 Å². The van der Waals surface area contributed by atoms with Crippen LogP contribution in [0.2, 0.25) is 0 Å². The Balaban J connectivity index is 4.32. The molecule has 0 aliphatic heterocycles. The van der Waals surface area contributed by atoms with E-state index in [0.29, 0.717) is 12.8 Å². The highest BCUT2D eigenvalue weighted by atomic mass is 31.2. The van der Waals surface area contributed by atoms with E-state index < -0.39 is 38.6 Å². The van der Waals surface area contributed by atoms with Gasteiger partial charge in [-0.25, -0.2) is 4.57 Å². The van der Waals surface area contributed by atoms with Crippen LogP contribution in [0.15, 0.2) is 60.8 Å². The number of amides is 1. The number of phosphoric acid groups is 1. The molecule has 326 valence electrons. The Morgan fingerprint density at radius 2 is 1.07 bits per heavy atom. The highest BCUT2D eigenvalue weighted by Crippen LogP contribution is 2.43. The lowest BCUT2D eigenvalue weighted by atomic mass is 10.0. The maximum atomic E-state index is 12.8. The lowest BCUT2D eigenvalue weighted by Gasteiger charge is -2.24. The van der Waals surface area contributed by atoms with Crippen molar-refractivity contribution in [3.05, 3.63) is 60.8 Å². The third kappa shape index (κ3) is 39.0. The molecule has 0 aliphatic carbocycles. The maximum Gasteiger partial charge on any atom is 0.472 e. The first kappa shape index (κ1) is 54.2. The minimum absolute atomic E-state index is 0.0381. The van der Waals surface area contributed by atoms with Crippen molar-refractivity contribution < 1.29 is 33.5 Å². The summed E-state index contributed by atoms with van der Waals surface area (Å²) in [5.74, 6) is -0.471. The number of phosphoric ester groups is 1. The molecule has 6 N–H and O–H groups in total. The summed E-state index contributed by atoms with van der Waals surface area (Å²) in [5.41, 5.74) is 5.35. The largest absolute Gasteiger partial charge is 0.472 e. The summed E-state index contributed by atoms with van der Waals surface area (Å²) < 4.78 is 22.0. The van der Waals surface area contributed by atoms with Crippen LogP contribution in [0.5, 0.6) is 0 Å². The molecule has 0 fully saturated rings. The SMILES string of the molecule is CCCCC/C=C/CC/C=C/CC/C=C/C(O)C(COP(=O)(O)OCCN)NC(=O)CC(O)CCCCCCC/C=C\C/C=C\CCCCCCCCCCC. The summed E-state index contributed by atoms with van der Waals surface area (Å²) in [6.07, 6.45) is 48.8. The quantitative estimate of drug-likeness (QED) is 0.0233. The molecular formula is C46H85N2O7P. The zero-order valence-corrected chi connectivity index (χ0v) is 36.6. The number of carbonyl (C=O) groups excluding carboxylic acids is 1. The van der Waals surface area contributed by atoms with Gasteiger partial charge in [0, 0.05) is 6.54 Å². The van der Waals surface area contributed by atoms with Gasteiger partial charge >= 0.3 is 7.82 Å². The first-order valence-electron chi connectivity index (χ1n) is 22.5. The van der Waals surface area contributed by atoms with Crippen LogP contribution >= 0.6 is 7.82 Å². The smallest absolute Gasteiger partial charge is 0.393 e. The molecule has 4 atom stereocenters. The summed E-state index contributed by atoms with van der Waals surface area (Å²) in [4.78, 5) is 22.7. The number of rotatable bonds is 41. The molecule has 0 aromatic carbocycles. The third-order valence-electron chi connectivity index (χ3n) is 9.60. The molecule has 0 aromatic heterocycles. The summed E-state index contributed by atoms with van der Waals surface area (Å²) in [7, 11) is -4.42. The zero-order chi connectivity index (χ0) is 41.2. The molecule has 0 aliphatic rings. The van der Waals surface area contributed by atoms with Crippen molar-refractivity contribution in [2.24, 2.45) is 5.73 Å². The highest BCUT2D eigenvalue weighted by Gasteiger charge is 2.27. The molecule has 10 heteroatoms. The van der Waals surface area contributed by atoms with E-state index >= 15 is 0 Å². The standard InChI is InChI=1S/C46H85N2O7P/c1-3-5-7-9-11-13-15-17-18-19-20-21-22-23-24-26-27-29-31-33-35-37-43(49)41-46(51)48-44(42-55-56(52,53)54-40-39-47)45(50)38-36-34-32-30-28-25-16-14-12-10-8-6-4-2/h12,14,20-21,23-24,28,30,36,38,43-45,49-50H,3-11,13,15-19,22,25-27,29,31-35,37,39-42,47H2,1-2H3,(H,48,51)(H,52,53)/b14-12+,21-20-,24-23-,30-28+,38-36+. The van der Waals surface area contributed by atoms with E-state index in [1.54, 1.807) is 6.08 Å². The second kappa shape index (κ2) is 41.3. The van der Waals surface area contributed by atoms with Crippen LogP contribution in [-0.2, 0) is 18.4 Å². The van der Waals surface area contributed by atoms with Crippen LogP contribution in [-0.4, -0.2) is 59.0 Å². The van der Waals surface area contributed by atoms with Gasteiger partial charge in [-0.05, 0) is 77.0 Å². The Hall–Kier alpha value is -1.84. The summed E-state index contributed by atoms with van der Waals surface area (Å²) >= 11 is 0. The summed E-state index contributed by atoms with van der Waals surface area (Å²) in [6, 6.07) is -1.01. The lowest BCUT2D eigenvalue weighted by molar-refractivity contribution is -0.124. The minimum Gasteiger partial charge on any atom is -0.393 e. The number of nitrogens with one attached hydrogen (secondary N) is 1. The van der Waals surface area contributed by atoms with E-state index in [0.717, 1.165) is 70.6 Å². The number of aliphatic hydroxyl groups is 2. The fraction of sp³-hybridized carbons (Fsp3) is 0.761. The van der Waals surface area contributed by atoms with Crippen molar-refractivity contribution >= 4 is 13.7 Å². The molecule has 1 amide bonds. The molecule has 9 nitrogen and oxygen atoms in total. The monoisotopic (exact) mass is 809 g/mol. The molecule has 0 saturated heterocycles. The molecule has 0 saturated carbocycles. The van der Waals surface area contributed by atoms with Gasteiger partial charge in [-0.1, -0.05) is 164 Å². The number of hydrogen-bond acceptors (Lipinski definition) is 7. The van der Waals surface area contributed by atoms with E-state index in [4.69, 9.17) is 14.8 Å². The molecule has 0 spiro atoms. The van der Waals surface area contributed by atoms with Crippen LogP contribution in [0, 0.1) is 0 Å².